The lowest BCUT2D eigenvalue weighted by molar-refractivity contribution is 0.0735. The van der Waals surface area contributed by atoms with Gasteiger partial charge >= 0.3 is 0 Å². The molecule has 1 aliphatic rings. The molecule has 2 N–H and O–H groups in total. The second-order valence-corrected chi connectivity index (χ2v) is 5.84. The number of ether oxygens (including phenoxy) is 1. The predicted octanol–water partition coefficient (Wildman–Crippen LogP) is 3.45. The summed E-state index contributed by atoms with van der Waals surface area (Å²) in [7, 11) is 0. The van der Waals surface area contributed by atoms with E-state index in [2.05, 4.69) is 39.0 Å². The van der Waals surface area contributed by atoms with Crippen molar-refractivity contribution in [3.05, 3.63) is 29.3 Å². The maximum atomic E-state index is 6.26. The highest BCUT2D eigenvalue weighted by Gasteiger charge is 2.29. The molecule has 1 aromatic rings. The average molecular weight is 247 g/mol. The highest BCUT2D eigenvalue weighted by molar-refractivity contribution is 5.36. The molecule has 0 spiro atoms. The van der Waals surface area contributed by atoms with E-state index in [4.69, 9.17) is 10.5 Å². The van der Waals surface area contributed by atoms with Crippen LogP contribution in [0.15, 0.2) is 18.2 Å². The molecule has 0 amide bonds. The van der Waals surface area contributed by atoms with Gasteiger partial charge in [0.05, 0.1) is 0 Å². The zero-order valence-corrected chi connectivity index (χ0v) is 11.8. The van der Waals surface area contributed by atoms with E-state index in [1.807, 2.05) is 0 Å². The number of nitrogens with two attached hydrogens (primary N) is 1. The van der Waals surface area contributed by atoms with Gasteiger partial charge in [0, 0.05) is 5.92 Å². The van der Waals surface area contributed by atoms with E-state index in [-0.39, 0.29) is 0 Å². The van der Waals surface area contributed by atoms with E-state index < -0.39 is 0 Å². The molecule has 1 fully saturated rings. The maximum absolute atomic E-state index is 6.26. The smallest absolute Gasteiger partial charge is 0.122 e. The van der Waals surface area contributed by atoms with Crippen LogP contribution in [0.5, 0.6) is 5.75 Å². The van der Waals surface area contributed by atoms with Crippen molar-refractivity contribution in [3.8, 4) is 5.75 Å². The van der Waals surface area contributed by atoms with Gasteiger partial charge in [0.2, 0.25) is 0 Å². The fourth-order valence-electron chi connectivity index (χ4n) is 2.80. The van der Waals surface area contributed by atoms with Crippen molar-refractivity contribution < 1.29 is 4.74 Å². The minimum absolute atomic E-state index is 0.291. The van der Waals surface area contributed by atoms with Crippen LogP contribution in [0.2, 0.25) is 0 Å². The van der Waals surface area contributed by atoms with E-state index in [1.54, 1.807) is 0 Å². The first kappa shape index (κ1) is 13.4. The lowest BCUT2D eigenvalue weighted by Crippen LogP contribution is -2.37. The number of hydrogen-bond donors (Lipinski definition) is 1. The Morgan fingerprint density at radius 1 is 1.28 bits per heavy atom. The molecule has 1 aromatic carbocycles. The standard InChI is InChI=1S/C16H25NO/c1-11-4-6-13(3)15(8-11)18-16-9-12(2)5-7-14(16)10-17/h4,6,8,12,14,16H,5,7,9-10,17H2,1-3H3. The van der Waals surface area contributed by atoms with E-state index >= 15 is 0 Å². The Labute approximate surface area is 111 Å². The molecule has 0 aromatic heterocycles. The summed E-state index contributed by atoms with van der Waals surface area (Å²) < 4.78 is 6.26. The molecule has 18 heavy (non-hydrogen) atoms. The van der Waals surface area contributed by atoms with Crippen molar-refractivity contribution in [3.63, 3.8) is 0 Å². The maximum Gasteiger partial charge on any atom is 0.122 e. The Morgan fingerprint density at radius 3 is 2.78 bits per heavy atom. The summed E-state index contributed by atoms with van der Waals surface area (Å²) in [5.41, 5.74) is 8.35. The number of benzene rings is 1. The molecule has 0 bridgehead atoms. The van der Waals surface area contributed by atoms with E-state index in [1.165, 1.54) is 24.0 Å². The van der Waals surface area contributed by atoms with Crippen LogP contribution < -0.4 is 10.5 Å². The Morgan fingerprint density at radius 2 is 2.06 bits per heavy atom. The summed E-state index contributed by atoms with van der Waals surface area (Å²) in [4.78, 5) is 0. The van der Waals surface area contributed by atoms with Gasteiger partial charge in [-0.15, -0.1) is 0 Å². The van der Waals surface area contributed by atoms with E-state index in [9.17, 15) is 0 Å². The fraction of sp³-hybridized carbons (Fsp3) is 0.625. The third kappa shape index (κ3) is 3.05. The molecule has 1 saturated carbocycles. The summed E-state index contributed by atoms with van der Waals surface area (Å²) in [5.74, 6) is 2.30. The van der Waals surface area contributed by atoms with Gasteiger partial charge in [0.15, 0.2) is 0 Å². The first-order chi connectivity index (χ1) is 8.60. The van der Waals surface area contributed by atoms with Crippen molar-refractivity contribution in [1.82, 2.24) is 0 Å². The first-order valence-electron chi connectivity index (χ1n) is 7.04. The molecule has 2 rings (SSSR count). The normalized spacial score (nSPS) is 28.1. The highest BCUT2D eigenvalue weighted by atomic mass is 16.5. The Hall–Kier alpha value is -1.02. The van der Waals surface area contributed by atoms with Crippen LogP contribution >= 0.6 is 0 Å². The van der Waals surface area contributed by atoms with Crippen LogP contribution in [-0.2, 0) is 0 Å². The van der Waals surface area contributed by atoms with Crippen molar-refractivity contribution in [2.45, 2.75) is 46.1 Å². The molecule has 0 heterocycles. The van der Waals surface area contributed by atoms with Crippen LogP contribution in [0, 0.1) is 25.7 Å². The molecule has 2 nitrogen and oxygen atoms in total. The summed E-state index contributed by atoms with van der Waals surface area (Å²) in [6.07, 6.45) is 3.91. The largest absolute Gasteiger partial charge is 0.490 e. The lowest BCUT2D eigenvalue weighted by Gasteiger charge is -2.34. The summed E-state index contributed by atoms with van der Waals surface area (Å²) in [6.45, 7) is 7.27. The highest BCUT2D eigenvalue weighted by Crippen LogP contribution is 2.32. The monoisotopic (exact) mass is 247 g/mol. The van der Waals surface area contributed by atoms with Crippen molar-refractivity contribution in [2.75, 3.05) is 6.54 Å². The predicted molar refractivity (Wildman–Crippen MR) is 75.9 cm³/mol. The van der Waals surface area contributed by atoms with Gasteiger partial charge in [-0.3, -0.25) is 0 Å². The zero-order valence-electron chi connectivity index (χ0n) is 11.8. The van der Waals surface area contributed by atoms with Gasteiger partial charge in [0.1, 0.15) is 11.9 Å². The number of hydrogen-bond acceptors (Lipinski definition) is 2. The summed E-state index contributed by atoms with van der Waals surface area (Å²) in [6, 6.07) is 6.41. The van der Waals surface area contributed by atoms with Gasteiger partial charge in [-0.1, -0.05) is 25.5 Å². The van der Waals surface area contributed by atoms with Crippen LogP contribution in [0.25, 0.3) is 0 Å². The minimum Gasteiger partial charge on any atom is -0.490 e. The third-order valence-electron chi connectivity index (χ3n) is 4.12. The second kappa shape index (κ2) is 5.75. The van der Waals surface area contributed by atoms with E-state index in [0.717, 1.165) is 24.6 Å². The van der Waals surface area contributed by atoms with Crippen LogP contribution in [0.1, 0.15) is 37.3 Å². The van der Waals surface area contributed by atoms with Crippen LogP contribution in [0.4, 0.5) is 0 Å². The Balaban J connectivity index is 2.12. The van der Waals surface area contributed by atoms with Crippen molar-refractivity contribution in [2.24, 2.45) is 17.6 Å². The molecule has 1 aliphatic carbocycles. The SMILES string of the molecule is Cc1ccc(C)c(OC2CC(C)CCC2CN)c1. The molecule has 0 aliphatic heterocycles. The molecular formula is C16H25NO. The van der Waals surface area contributed by atoms with Gasteiger partial charge in [0.25, 0.3) is 0 Å². The fourth-order valence-corrected chi connectivity index (χ4v) is 2.80. The Bertz CT molecular complexity index is 402. The van der Waals surface area contributed by atoms with Gasteiger partial charge < -0.3 is 10.5 Å². The topological polar surface area (TPSA) is 35.2 Å². The molecule has 2 heteroatoms. The first-order valence-corrected chi connectivity index (χ1v) is 7.04. The number of aryl methyl sites for hydroxylation is 2. The van der Waals surface area contributed by atoms with Gasteiger partial charge in [-0.2, -0.15) is 0 Å². The molecule has 0 saturated heterocycles. The third-order valence-corrected chi connectivity index (χ3v) is 4.12. The summed E-state index contributed by atoms with van der Waals surface area (Å²) in [5, 5.41) is 0. The van der Waals surface area contributed by atoms with Crippen molar-refractivity contribution >= 4 is 0 Å². The van der Waals surface area contributed by atoms with Gasteiger partial charge in [-0.25, -0.2) is 0 Å². The molecule has 0 radical (unpaired) electrons. The lowest BCUT2D eigenvalue weighted by atomic mass is 9.80. The summed E-state index contributed by atoms with van der Waals surface area (Å²) >= 11 is 0. The molecule has 3 unspecified atom stereocenters. The van der Waals surface area contributed by atoms with Crippen molar-refractivity contribution in [1.29, 1.82) is 0 Å². The zero-order chi connectivity index (χ0) is 13.1. The minimum atomic E-state index is 0.291. The second-order valence-electron chi connectivity index (χ2n) is 5.84. The molecule has 100 valence electrons. The van der Waals surface area contributed by atoms with E-state index in [0.29, 0.717) is 12.0 Å². The van der Waals surface area contributed by atoms with Crippen LogP contribution in [-0.4, -0.2) is 12.6 Å². The van der Waals surface area contributed by atoms with Crippen LogP contribution in [0.3, 0.4) is 0 Å². The molecular weight excluding hydrogens is 222 g/mol. The Kier molecular flexibility index (Phi) is 4.28. The average Bonchev–Trinajstić information content (AvgIpc) is 2.34. The molecule has 3 atom stereocenters. The van der Waals surface area contributed by atoms with Gasteiger partial charge in [-0.05, 0) is 56.3 Å². The quantitative estimate of drug-likeness (QED) is 0.888. The number of rotatable bonds is 3.